The molecule has 3 heteroatoms. The highest BCUT2D eigenvalue weighted by Gasteiger charge is 2.38. The minimum Gasteiger partial charge on any atom is -0.497 e. The summed E-state index contributed by atoms with van der Waals surface area (Å²) >= 11 is 0. The fraction of sp³-hybridized carbons (Fsp3) is 0.259. The van der Waals surface area contributed by atoms with E-state index in [0.717, 1.165) is 28.0 Å². The molecule has 3 aromatic carbocycles. The molecule has 0 aliphatic heterocycles. The van der Waals surface area contributed by atoms with Crippen molar-refractivity contribution in [3.8, 4) is 5.75 Å². The molecule has 0 aliphatic rings. The summed E-state index contributed by atoms with van der Waals surface area (Å²) in [5.41, 5.74) is 3.02. The van der Waals surface area contributed by atoms with Crippen LogP contribution in [0.3, 0.4) is 0 Å². The summed E-state index contributed by atoms with van der Waals surface area (Å²) in [7, 11) is 1.66. The van der Waals surface area contributed by atoms with Gasteiger partial charge in [-0.1, -0.05) is 91.9 Å². The van der Waals surface area contributed by atoms with Crippen LogP contribution in [0.5, 0.6) is 5.75 Å². The van der Waals surface area contributed by atoms with Gasteiger partial charge in [-0.2, -0.15) is 0 Å². The maximum absolute atomic E-state index is 10.8. The molecule has 0 saturated heterocycles. The lowest BCUT2D eigenvalue weighted by atomic mass is 9.80. The SMILES string of the molecule is C=C(C)[C@@H](C)[C@@H](O)COC(c1ccccc1)(c1ccccc1)c1ccc(OC)cc1. The third-order valence-electron chi connectivity index (χ3n) is 5.68. The van der Waals surface area contributed by atoms with Crippen molar-refractivity contribution in [3.05, 3.63) is 114 Å². The van der Waals surface area contributed by atoms with Crippen molar-refractivity contribution in [3.63, 3.8) is 0 Å². The number of rotatable bonds is 9. The van der Waals surface area contributed by atoms with Crippen LogP contribution in [0.25, 0.3) is 0 Å². The van der Waals surface area contributed by atoms with Gasteiger partial charge < -0.3 is 14.6 Å². The first-order valence-corrected chi connectivity index (χ1v) is 10.2. The zero-order chi connectivity index (χ0) is 21.6. The predicted molar refractivity (Wildman–Crippen MR) is 122 cm³/mol. The van der Waals surface area contributed by atoms with E-state index in [2.05, 4.69) is 30.8 Å². The first-order valence-electron chi connectivity index (χ1n) is 10.2. The van der Waals surface area contributed by atoms with E-state index >= 15 is 0 Å². The first kappa shape index (κ1) is 21.8. The van der Waals surface area contributed by atoms with Crippen LogP contribution in [0, 0.1) is 5.92 Å². The van der Waals surface area contributed by atoms with E-state index in [9.17, 15) is 5.11 Å². The Morgan fingerprint density at radius 2 is 1.33 bits per heavy atom. The number of benzene rings is 3. The molecule has 0 aliphatic carbocycles. The molecule has 0 spiro atoms. The van der Waals surface area contributed by atoms with Crippen LogP contribution < -0.4 is 4.74 Å². The average molecular weight is 403 g/mol. The number of aliphatic hydroxyl groups is 1. The van der Waals surface area contributed by atoms with E-state index < -0.39 is 11.7 Å². The predicted octanol–water partition coefficient (Wildman–Crippen LogP) is 5.58. The van der Waals surface area contributed by atoms with E-state index in [1.54, 1.807) is 7.11 Å². The van der Waals surface area contributed by atoms with Crippen LogP contribution in [0.1, 0.15) is 30.5 Å². The molecule has 1 N–H and O–H groups in total. The van der Waals surface area contributed by atoms with Crippen LogP contribution in [0.4, 0.5) is 0 Å². The Bertz CT molecular complexity index is 893. The molecule has 0 aromatic heterocycles. The molecule has 0 radical (unpaired) electrons. The highest BCUT2D eigenvalue weighted by atomic mass is 16.5. The van der Waals surface area contributed by atoms with Crippen molar-refractivity contribution in [2.45, 2.75) is 25.6 Å². The molecule has 0 fully saturated rings. The minimum atomic E-state index is -0.870. The van der Waals surface area contributed by atoms with E-state index in [0.29, 0.717) is 0 Å². The Balaban J connectivity index is 2.15. The molecule has 2 atom stereocenters. The number of methoxy groups -OCH3 is 1. The third-order valence-corrected chi connectivity index (χ3v) is 5.68. The molecule has 0 unspecified atom stereocenters. The maximum atomic E-state index is 10.8. The standard InChI is InChI=1S/C27H30O3/c1-20(2)21(3)26(28)19-30-27(22-11-7-5-8-12-22,23-13-9-6-10-14-23)24-15-17-25(29-4)18-16-24/h5-18,21,26,28H,1,19H2,2-4H3/t21-,26+/m1/s1. The van der Waals surface area contributed by atoms with Crippen LogP contribution >= 0.6 is 0 Å². The Kier molecular flexibility index (Phi) is 7.09. The number of hydrogen-bond acceptors (Lipinski definition) is 3. The molecule has 0 amide bonds. The van der Waals surface area contributed by atoms with E-state index in [4.69, 9.17) is 9.47 Å². The number of aliphatic hydroxyl groups excluding tert-OH is 1. The topological polar surface area (TPSA) is 38.7 Å². The van der Waals surface area contributed by atoms with Crippen molar-refractivity contribution in [2.75, 3.05) is 13.7 Å². The normalized spacial score (nSPS) is 13.5. The molecule has 3 nitrogen and oxygen atoms in total. The summed E-state index contributed by atoms with van der Waals surface area (Å²) in [6, 6.07) is 28.2. The largest absolute Gasteiger partial charge is 0.497 e. The first-order chi connectivity index (χ1) is 14.5. The number of ether oxygens (including phenoxy) is 2. The molecule has 0 heterocycles. The molecule has 0 saturated carbocycles. The highest BCUT2D eigenvalue weighted by Crippen LogP contribution is 2.41. The molecule has 0 bridgehead atoms. The van der Waals surface area contributed by atoms with Gasteiger partial charge in [0.1, 0.15) is 11.4 Å². The fourth-order valence-corrected chi connectivity index (χ4v) is 3.60. The Morgan fingerprint density at radius 3 is 1.77 bits per heavy atom. The lowest BCUT2D eigenvalue weighted by Crippen LogP contribution is -2.37. The average Bonchev–Trinajstić information content (AvgIpc) is 2.80. The lowest BCUT2D eigenvalue weighted by molar-refractivity contribution is -0.0488. The van der Waals surface area contributed by atoms with Crippen molar-refractivity contribution in [2.24, 2.45) is 5.92 Å². The highest BCUT2D eigenvalue weighted by molar-refractivity contribution is 5.48. The van der Waals surface area contributed by atoms with Crippen LogP contribution in [-0.4, -0.2) is 24.9 Å². The third kappa shape index (κ3) is 4.48. The molecular formula is C27H30O3. The number of hydrogen-bond donors (Lipinski definition) is 1. The Hall–Kier alpha value is -2.88. The van der Waals surface area contributed by atoms with Gasteiger partial charge in [0.2, 0.25) is 0 Å². The monoisotopic (exact) mass is 402 g/mol. The van der Waals surface area contributed by atoms with Gasteiger partial charge in [-0.25, -0.2) is 0 Å². The summed E-state index contributed by atoms with van der Waals surface area (Å²) < 4.78 is 12.0. The zero-order valence-corrected chi connectivity index (χ0v) is 17.9. The van der Waals surface area contributed by atoms with Crippen molar-refractivity contribution in [1.82, 2.24) is 0 Å². The minimum absolute atomic E-state index is 0.0647. The van der Waals surface area contributed by atoms with Gasteiger partial charge in [-0.05, 0) is 35.7 Å². The van der Waals surface area contributed by atoms with Crippen molar-refractivity contribution >= 4 is 0 Å². The van der Waals surface area contributed by atoms with Gasteiger partial charge >= 0.3 is 0 Å². The van der Waals surface area contributed by atoms with Gasteiger partial charge in [-0.15, -0.1) is 0 Å². The summed E-state index contributed by atoms with van der Waals surface area (Å²) in [6.07, 6.45) is -0.660. The maximum Gasteiger partial charge on any atom is 0.143 e. The molecule has 3 aromatic rings. The molecular weight excluding hydrogens is 372 g/mol. The fourth-order valence-electron chi connectivity index (χ4n) is 3.60. The van der Waals surface area contributed by atoms with E-state index in [1.807, 2.05) is 74.5 Å². The summed E-state index contributed by atoms with van der Waals surface area (Å²) in [4.78, 5) is 0. The summed E-state index contributed by atoms with van der Waals surface area (Å²) in [5.74, 6) is 0.717. The van der Waals surface area contributed by atoms with Crippen LogP contribution in [0.2, 0.25) is 0 Å². The smallest absolute Gasteiger partial charge is 0.143 e. The second kappa shape index (κ2) is 9.75. The molecule has 30 heavy (non-hydrogen) atoms. The van der Waals surface area contributed by atoms with Gasteiger partial charge in [0.15, 0.2) is 0 Å². The van der Waals surface area contributed by atoms with E-state index in [1.165, 1.54) is 0 Å². The Morgan fingerprint density at radius 1 is 0.867 bits per heavy atom. The van der Waals surface area contributed by atoms with Crippen LogP contribution in [0.15, 0.2) is 97.1 Å². The van der Waals surface area contributed by atoms with Crippen LogP contribution in [-0.2, 0) is 10.3 Å². The molecule has 156 valence electrons. The van der Waals surface area contributed by atoms with Gasteiger partial charge in [0.05, 0.1) is 19.8 Å². The zero-order valence-electron chi connectivity index (χ0n) is 17.9. The second-order valence-electron chi connectivity index (χ2n) is 7.66. The van der Waals surface area contributed by atoms with Gasteiger partial charge in [0, 0.05) is 5.92 Å². The van der Waals surface area contributed by atoms with Crippen molar-refractivity contribution in [1.29, 1.82) is 0 Å². The van der Waals surface area contributed by atoms with E-state index in [-0.39, 0.29) is 12.5 Å². The summed E-state index contributed by atoms with van der Waals surface area (Å²) in [6.45, 7) is 8.05. The Labute approximate surface area is 179 Å². The van der Waals surface area contributed by atoms with Gasteiger partial charge in [-0.3, -0.25) is 0 Å². The summed E-state index contributed by atoms with van der Waals surface area (Å²) in [5, 5.41) is 10.8. The van der Waals surface area contributed by atoms with Gasteiger partial charge in [0.25, 0.3) is 0 Å². The lowest BCUT2D eigenvalue weighted by Gasteiger charge is -2.37. The van der Waals surface area contributed by atoms with Crippen molar-refractivity contribution < 1.29 is 14.6 Å². The molecule has 3 rings (SSSR count). The second-order valence-corrected chi connectivity index (χ2v) is 7.66. The quantitative estimate of drug-likeness (QED) is 0.375.